The molecule has 0 bridgehead atoms. The van der Waals surface area contributed by atoms with Gasteiger partial charge in [0.2, 0.25) is 0 Å². The van der Waals surface area contributed by atoms with E-state index in [1.54, 1.807) is 0 Å². The van der Waals surface area contributed by atoms with E-state index in [-0.39, 0.29) is 6.61 Å². The molecule has 3 nitrogen and oxygen atoms in total. The molecular formula is C12H23F3N2O. The third kappa shape index (κ3) is 6.56. The van der Waals surface area contributed by atoms with Crippen LogP contribution in [0.4, 0.5) is 13.2 Å². The van der Waals surface area contributed by atoms with Gasteiger partial charge in [-0.25, -0.2) is 0 Å². The Bertz CT molecular complexity index is 218. The van der Waals surface area contributed by atoms with Gasteiger partial charge < -0.3 is 15.0 Å². The summed E-state index contributed by atoms with van der Waals surface area (Å²) in [5.41, 5.74) is 0. The molecule has 0 saturated carbocycles. The topological polar surface area (TPSA) is 24.5 Å². The standard InChI is InChI=1S/C12H23F3N2O/c1-2-17(11-4-6-16-7-5-11)8-3-9-18-10-12(13,14)15/h11,16H,2-10H2,1H3. The van der Waals surface area contributed by atoms with Crippen LogP contribution in [-0.2, 0) is 4.74 Å². The maximum absolute atomic E-state index is 11.9. The molecule has 0 aromatic carbocycles. The Labute approximate surface area is 107 Å². The first-order valence-electron chi connectivity index (χ1n) is 6.62. The van der Waals surface area contributed by atoms with Gasteiger partial charge in [0, 0.05) is 19.2 Å². The van der Waals surface area contributed by atoms with E-state index in [9.17, 15) is 13.2 Å². The van der Waals surface area contributed by atoms with Crippen LogP contribution in [0.3, 0.4) is 0 Å². The summed E-state index contributed by atoms with van der Waals surface area (Å²) in [6.45, 7) is 4.98. The van der Waals surface area contributed by atoms with E-state index in [0.717, 1.165) is 39.0 Å². The Morgan fingerprint density at radius 1 is 1.28 bits per heavy atom. The van der Waals surface area contributed by atoms with Crippen molar-refractivity contribution in [3.8, 4) is 0 Å². The highest BCUT2D eigenvalue weighted by Crippen LogP contribution is 2.15. The average molecular weight is 268 g/mol. The highest BCUT2D eigenvalue weighted by atomic mass is 19.4. The molecule has 1 fully saturated rings. The monoisotopic (exact) mass is 268 g/mol. The van der Waals surface area contributed by atoms with Crippen LogP contribution in [0.1, 0.15) is 26.2 Å². The van der Waals surface area contributed by atoms with Gasteiger partial charge in [-0.3, -0.25) is 0 Å². The Morgan fingerprint density at radius 3 is 2.50 bits per heavy atom. The minimum absolute atomic E-state index is 0.182. The molecule has 0 atom stereocenters. The van der Waals surface area contributed by atoms with Gasteiger partial charge in [0.1, 0.15) is 6.61 Å². The number of halogens is 3. The quantitative estimate of drug-likeness (QED) is 0.715. The molecule has 1 rings (SSSR count). The lowest BCUT2D eigenvalue weighted by Gasteiger charge is -2.33. The van der Waals surface area contributed by atoms with Gasteiger partial charge in [-0.2, -0.15) is 13.2 Å². The first-order chi connectivity index (χ1) is 8.53. The predicted molar refractivity (Wildman–Crippen MR) is 64.6 cm³/mol. The molecule has 1 N–H and O–H groups in total. The molecule has 0 aliphatic carbocycles. The second kappa shape index (κ2) is 7.96. The fourth-order valence-corrected chi connectivity index (χ4v) is 2.33. The van der Waals surface area contributed by atoms with Gasteiger partial charge in [0.25, 0.3) is 0 Å². The highest BCUT2D eigenvalue weighted by Gasteiger charge is 2.27. The van der Waals surface area contributed by atoms with Crippen molar-refractivity contribution in [2.75, 3.05) is 39.4 Å². The average Bonchev–Trinajstić information content (AvgIpc) is 2.33. The zero-order valence-corrected chi connectivity index (χ0v) is 10.9. The van der Waals surface area contributed by atoms with E-state index in [2.05, 4.69) is 21.9 Å². The Morgan fingerprint density at radius 2 is 1.94 bits per heavy atom. The number of piperidine rings is 1. The summed E-state index contributed by atoms with van der Waals surface area (Å²) < 4.78 is 40.2. The SMILES string of the molecule is CCN(CCCOCC(F)(F)F)C1CCNCC1. The molecule has 1 heterocycles. The van der Waals surface area contributed by atoms with Crippen molar-refractivity contribution in [3.05, 3.63) is 0 Å². The highest BCUT2D eigenvalue weighted by molar-refractivity contribution is 4.77. The van der Waals surface area contributed by atoms with Gasteiger partial charge in [-0.15, -0.1) is 0 Å². The van der Waals surface area contributed by atoms with E-state index in [0.29, 0.717) is 12.5 Å². The van der Waals surface area contributed by atoms with Gasteiger partial charge in [-0.05, 0) is 38.9 Å². The number of nitrogens with zero attached hydrogens (tertiary/aromatic N) is 1. The fraction of sp³-hybridized carbons (Fsp3) is 1.00. The molecule has 108 valence electrons. The minimum atomic E-state index is -4.21. The van der Waals surface area contributed by atoms with E-state index >= 15 is 0 Å². The van der Waals surface area contributed by atoms with E-state index in [4.69, 9.17) is 0 Å². The smallest absolute Gasteiger partial charge is 0.372 e. The van der Waals surface area contributed by atoms with Crippen LogP contribution in [-0.4, -0.2) is 56.5 Å². The van der Waals surface area contributed by atoms with Crippen molar-refractivity contribution in [3.63, 3.8) is 0 Å². The molecule has 6 heteroatoms. The molecule has 1 aliphatic heterocycles. The normalized spacial score (nSPS) is 18.5. The zero-order chi connectivity index (χ0) is 13.4. The molecule has 1 aliphatic rings. The van der Waals surface area contributed by atoms with Crippen molar-refractivity contribution < 1.29 is 17.9 Å². The molecular weight excluding hydrogens is 245 g/mol. The summed E-state index contributed by atoms with van der Waals surface area (Å²) in [7, 11) is 0. The van der Waals surface area contributed by atoms with Crippen LogP contribution in [0, 0.1) is 0 Å². The van der Waals surface area contributed by atoms with Gasteiger partial charge in [0.15, 0.2) is 0 Å². The lowest BCUT2D eigenvalue weighted by molar-refractivity contribution is -0.174. The lowest BCUT2D eigenvalue weighted by atomic mass is 10.0. The summed E-state index contributed by atoms with van der Waals surface area (Å²) in [5, 5.41) is 3.31. The van der Waals surface area contributed by atoms with Crippen LogP contribution in [0.5, 0.6) is 0 Å². The largest absolute Gasteiger partial charge is 0.411 e. The maximum Gasteiger partial charge on any atom is 0.411 e. The molecule has 0 spiro atoms. The van der Waals surface area contributed by atoms with E-state index < -0.39 is 12.8 Å². The van der Waals surface area contributed by atoms with Gasteiger partial charge in [-0.1, -0.05) is 6.92 Å². The van der Waals surface area contributed by atoms with Crippen molar-refractivity contribution in [1.29, 1.82) is 0 Å². The minimum Gasteiger partial charge on any atom is -0.372 e. The summed E-state index contributed by atoms with van der Waals surface area (Å²) >= 11 is 0. The second-order valence-corrected chi connectivity index (χ2v) is 4.63. The van der Waals surface area contributed by atoms with Crippen LogP contribution >= 0.6 is 0 Å². The fourth-order valence-electron chi connectivity index (χ4n) is 2.33. The van der Waals surface area contributed by atoms with Crippen LogP contribution in [0.25, 0.3) is 0 Å². The molecule has 0 amide bonds. The Kier molecular flexibility index (Phi) is 6.96. The van der Waals surface area contributed by atoms with Crippen molar-refractivity contribution in [1.82, 2.24) is 10.2 Å². The zero-order valence-electron chi connectivity index (χ0n) is 10.9. The van der Waals surface area contributed by atoms with E-state index in [1.165, 1.54) is 0 Å². The second-order valence-electron chi connectivity index (χ2n) is 4.63. The van der Waals surface area contributed by atoms with Crippen LogP contribution in [0.2, 0.25) is 0 Å². The summed E-state index contributed by atoms with van der Waals surface area (Å²) in [6, 6.07) is 0.568. The molecule has 1 saturated heterocycles. The maximum atomic E-state index is 11.9. The van der Waals surface area contributed by atoms with E-state index in [1.807, 2.05) is 0 Å². The molecule has 0 aromatic heterocycles. The molecule has 0 unspecified atom stereocenters. The number of rotatable bonds is 7. The molecule has 0 radical (unpaired) electrons. The Hall–Kier alpha value is -0.330. The summed E-state index contributed by atoms with van der Waals surface area (Å²) in [4.78, 5) is 2.35. The molecule has 0 aromatic rings. The third-order valence-electron chi connectivity index (χ3n) is 3.23. The number of hydrogen-bond donors (Lipinski definition) is 1. The van der Waals surface area contributed by atoms with Crippen molar-refractivity contribution in [2.24, 2.45) is 0 Å². The van der Waals surface area contributed by atoms with Crippen molar-refractivity contribution >= 4 is 0 Å². The van der Waals surface area contributed by atoms with Gasteiger partial charge >= 0.3 is 6.18 Å². The first kappa shape index (κ1) is 15.7. The lowest BCUT2D eigenvalue weighted by Crippen LogP contribution is -2.43. The van der Waals surface area contributed by atoms with Crippen LogP contribution in [0.15, 0.2) is 0 Å². The summed E-state index contributed by atoms with van der Waals surface area (Å²) in [5.74, 6) is 0. The third-order valence-corrected chi connectivity index (χ3v) is 3.23. The number of hydrogen-bond acceptors (Lipinski definition) is 3. The van der Waals surface area contributed by atoms with Crippen LogP contribution < -0.4 is 5.32 Å². The number of ether oxygens (including phenoxy) is 1. The predicted octanol–water partition coefficient (Wildman–Crippen LogP) is 2.03. The first-order valence-corrected chi connectivity index (χ1v) is 6.62. The number of alkyl halides is 3. The summed E-state index contributed by atoms with van der Waals surface area (Å²) in [6.07, 6.45) is -1.30. The van der Waals surface area contributed by atoms with Gasteiger partial charge in [0.05, 0.1) is 0 Å². The number of nitrogens with one attached hydrogen (secondary N) is 1. The molecule has 18 heavy (non-hydrogen) atoms. The van der Waals surface area contributed by atoms with Crippen molar-refractivity contribution in [2.45, 2.75) is 38.4 Å². The Balaban J connectivity index is 2.11.